The number of Topliss-reactive ketones (excluding diaryl/α,β-unsaturated/α-hetero) is 1. The van der Waals surface area contributed by atoms with E-state index < -0.39 is 0 Å². The molecule has 0 aliphatic carbocycles. The van der Waals surface area contributed by atoms with Crippen molar-refractivity contribution in [1.82, 2.24) is 9.78 Å². The van der Waals surface area contributed by atoms with E-state index in [4.69, 9.17) is 0 Å². The summed E-state index contributed by atoms with van der Waals surface area (Å²) in [5.74, 6) is 5.47. The highest BCUT2D eigenvalue weighted by Gasteiger charge is 2.07. The Kier molecular flexibility index (Phi) is 3.37. The predicted octanol–water partition coefficient (Wildman–Crippen LogP) is 2.47. The summed E-state index contributed by atoms with van der Waals surface area (Å²) >= 11 is 0. The normalized spacial score (nSPS) is 9.47. The van der Waals surface area contributed by atoms with Crippen molar-refractivity contribution in [2.75, 3.05) is 0 Å². The highest BCUT2D eigenvalue weighted by atomic mass is 16.1. The zero-order valence-electron chi connectivity index (χ0n) is 9.55. The molecule has 0 saturated heterocycles. The molecule has 0 amide bonds. The van der Waals surface area contributed by atoms with Crippen LogP contribution in [0.2, 0.25) is 0 Å². The molecule has 1 aromatic carbocycles. The van der Waals surface area contributed by atoms with Crippen LogP contribution in [0, 0.1) is 11.8 Å². The van der Waals surface area contributed by atoms with Gasteiger partial charge >= 0.3 is 0 Å². The number of nitrogens with zero attached hydrogens (tertiary/aromatic N) is 2. The molecule has 3 heteroatoms. The Morgan fingerprint density at radius 1 is 1.35 bits per heavy atom. The summed E-state index contributed by atoms with van der Waals surface area (Å²) in [6.45, 7) is 1.72. The van der Waals surface area contributed by atoms with Gasteiger partial charge in [-0.15, -0.1) is 5.92 Å². The van der Waals surface area contributed by atoms with E-state index >= 15 is 0 Å². The molecule has 0 N–H and O–H groups in total. The molecule has 0 spiro atoms. The molecule has 0 aliphatic heterocycles. The van der Waals surface area contributed by atoms with Crippen LogP contribution in [0.1, 0.15) is 23.7 Å². The fourth-order valence-electron chi connectivity index (χ4n) is 1.46. The van der Waals surface area contributed by atoms with E-state index in [0.29, 0.717) is 5.56 Å². The van der Waals surface area contributed by atoms with Crippen molar-refractivity contribution in [2.24, 2.45) is 0 Å². The molecule has 0 saturated carbocycles. The maximum atomic E-state index is 11.7. The summed E-state index contributed by atoms with van der Waals surface area (Å²) in [4.78, 5) is 11.7. The maximum absolute atomic E-state index is 11.7. The Morgan fingerprint density at radius 2 is 2.12 bits per heavy atom. The van der Waals surface area contributed by atoms with Gasteiger partial charge < -0.3 is 0 Å². The highest BCUT2D eigenvalue weighted by Crippen LogP contribution is 2.08. The van der Waals surface area contributed by atoms with Gasteiger partial charge in [0, 0.05) is 6.20 Å². The molecular weight excluding hydrogens is 212 g/mol. The minimum atomic E-state index is 0.00142. The number of hydrogen-bond donors (Lipinski definition) is 0. The summed E-state index contributed by atoms with van der Waals surface area (Å²) in [6, 6.07) is 9.68. The third-order valence-corrected chi connectivity index (χ3v) is 2.35. The Hall–Kier alpha value is -2.34. The van der Waals surface area contributed by atoms with E-state index in [1.165, 1.54) is 0 Å². The fourth-order valence-corrected chi connectivity index (χ4v) is 1.46. The molecule has 2 aromatic rings. The molecular formula is C14H12N2O. The van der Waals surface area contributed by atoms with Crippen LogP contribution in [0.15, 0.2) is 42.7 Å². The van der Waals surface area contributed by atoms with Gasteiger partial charge in [-0.2, -0.15) is 5.10 Å². The third-order valence-electron chi connectivity index (χ3n) is 2.35. The van der Waals surface area contributed by atoms with E-state index in [1.54, 1.807) is 24.0 Å². The van der Waals surface area contributed by atoms with Crippen molar-refractivity contribution in [3.8, 4) is 17.5 Å². The number of rotatable bonds is 3. The van der Waals surface area contributed by atoms with Gasteiger partial charge in [-0.25, -0.2) is 4.68 Å². The van der Waals surface area contributed by atoms with Crippen molar-refractivity contribution in [3.63, 3.8) is 0 Å². The van der Waals surface area contributed by atoms with Crippen molar-refractivity contribution >= 4 is 5.78 Å². The number of carbonyl (C=O) groups excluding carboxylic acids is 1. The molecule has 3 nitrogen and oxygen atoms in total. The number of carbonyl (C=O) groups is 1. The second-order valence-corrected chi connectivity index (χ2v) is 3.54. The van der Waals surface area contributed by atoms with Gasteiger partial charge in [0.1, 0.15) is 0 Å². The van der Waals surface area contributed by atoms with Crippen LogP contribution in [0.3, 0.4) is 0 Å². The van der Waals surface area contributed by atoms with E-state index in [1.807, 2.05) is 30.3 Å². The van der Waals surface area contributed by atoms with Gasteiger partial charge in [0.2, 0.25) is 0 Å². The number of aromatic nitrogens is 2. The standard InChI is InChI=1S/C14H12N2O/c1-2-3-9-14(17)12-10-15-16(11-12)13-7-5-4-6-8-13/h4-8,10-11H,9H2,1H3. The molecule has 0 aliphatic rings. The minimum Gasteiger partial charge on any atom is -0.293 e. The van der Waals surface area contributed by atoms with Gasteiger partial charge in [0.25, 0.3) is 0 Å². The average molecular weight is 224 g/mol. The lowest BCUT2D eigenvalue weighted by atomic mass is 10.2. The fraction of sp³-hybridized carbons (Fsp3) is 0.143. The van der Waals surface area contributed by atoms with Crippen LogP contribution < -0.4 is 0 Å². The Morgan fingerprint density at radius 3 is 2.82 bits per heavy atom. The lowest BCUT2D eigenvalue weighted by molar-refractivity contribution is 0.0998. The predicted molar refractivity (Wildman–Crippen MR) is 66.0 cm³/mol. The third kappa shape index (κ3) is 2.61. The van der Waals surface area contributed by atoms with Crippen LogP contribution in [0.5, 0.6) is 0 Å². The average Bonchev–Trinajstić information content (AvgIpc) is 2.86. The van der Waals surface area contributed by atoms with Crippen LogP contribution >= 0.6 is 0 Å². The number of benzene rings is 1. The lowest BCUT2D eigenvalue weighted by Gasteiger charge is -1.98. The number of hydrogen-bond acceptors (Lipinski definition) is 2. The summed E-state index contributed by atoms with van der Waals surface area (Å²) < 4.78 is 1.69. The van der Waals surface area contributed by atoms with Gasteiger partial charge in [-0.1, -0.05) is 24.1 Å². The zero-order valence-corrected chi connectivity index (χ0v) is 9.55. The van der Waals surface area contributed by atoms with Crippen LogP contribution in [-0.4, -0.2) is 15.6 Å². The first-order chi connectivity index (χ1) is 8.31. The van der Waals surface area contributed by atoms with Crippen LogP contribution in [0.25, 0.3) is 5.69 Å². The zero-order chi connectivity index (χ0) is 12.1. The molecule has 0 fully saturated rings. The second-order valence-electron chi connectivity index (χ2n) is 3.54. The van der Waals surface area contributed by atoms with Gasteiger partial charge in [-0.3, -0.25) is 4.79 Å². The van der Waals surface area contributed by atoms with E-state index in [-0.39, 0.29) is 12.2 Å². The number of para-hydroxylation sites is 1. The van der Waals surface area contributed by atoms with Crippen molar-refractivity contribution in [1.29, 1.82) is 0 Å². The maximum Gasteiger partial charge on any atom is 0.177 e. The lowest BCUT2D eigenvalue weighted by Crippen LogP contribution is -1.96. The molecule has 84 valence electrons. The van der Waals surface area contributed by atoms with Gasteiger partial charge in [0.15, 0.2) is 5.78 Å². The molecule has 0 radical (unpaired) electrons. The van der Waals surface area contributed by atoms with Gasteiger partial charge in [0.05, 0.1) is 23.9 Å². The van der Waals surface area contributed by atoms with Crippen molar-refractivity contribution in [3.05, 3.63) is 48.3 Å². The van der Waals surface area contributed by atoms with E-state index in [9.17, 15) is 4.79 Å². The molecule has 0 unspecified atom stereocenters. The smallest absolute Gasteiger partial charge is 0.177 e. The Balaban J connectivity index is 2.21. The number of ketones is 1. The van der Waals surface area contributed by atoms with E-state index in [0.717, 1.165) is 5.69 Å². The molecule has 2 rings (SSSR count). The molecule has 17 heavy (non-hydrogen) atoms. The molecule has 1 heterocycles. The van der Waals surface area contributed by atoms with E-state index in [2.05, 4.69) is 16.9 Å². The quantitative estimate of drug-likeness (QED) is 0.593. The topological polar surface area (TPSA) is 34.9 Å². The summed E-state index contributed by atoms with van der Waals surface area (Å²) in [5.41, 5.74) is 1.53. The first-order valence-corrected chi connectivity index (χ1v) is 5.34. The first-order valence-electron chi connectivity index (χ1n) is 5.34. The van der Waals surface area contributed by atoms with Gasteiger partial charge in [-0.05, 0) is 19.1 Å². The summed E-state index contributed by atoms with van der Waals surface area (Å²) in [6.07, 6.45) is 3.55. The Bertz CT molecular complexity index is 573. The summed E-state index contributed by atoms with van der Waals surface area (Å²) in [7, 11) is 0. The molecule has 0 atom stereocenters. The summed E-state index contributed by atoms with van der Waals surface area (Å²) in [5, 5.41) is 4.16. The van der Waals surface area contributed by atoms with Crippen molar-refractivity contribution in [2.45, 2.75) is 13.3 Å². The molecule has 1 aromatic heterocycles. The van der Waals surface area contributed by atoms with Crippen molar-refractivity contribution < 1.29 is 4.79 Å². The van der Waals surface area contributed by atoms with Crippen LogP contribution in [0.4, 0.5) is 0 Å². The Labute approximate surface area is 100 Å². The second kappa shape index (κ2) is 5.13. The first kappa shape index (κ1) is 11.2. The molecule has 0 bridgehead atoms. The highest BCUT2D eigenvalue weighted by molar-refractivity contribution is 5.97. The van der Waals surface area contributed by atoms with Crippen LogP contribution in [-0.2, 0) is 0 Å². The minimum absolute atomic E-state index is 0.00142. The SMILES string of the molecule is CC#CCC(=O)c1cnn(-c2ccccc2)c1. The monoisotopic (exact) mass is 224 g/mol. The largest absolute Gasteiger partial charge is 0.293 e.